The number of likely N-dealkylation sites (tertiary alicyclic amines) is 1. The minimum absolute atomic E-state index is 0.0493. The van der Waals surface area contributed by atoms with E-state index in [0.29, 0.717) is 13.0 Å². The normalized spacial score (nSPS) is 18.2. The first-order valence-corrected chi connectivity index (χ1v) is 10.4. The molecule has 1 N–H and O–H groups in total. The molecule has 0 aromatic heterocycles. The molecule has 1 aromatic rings. The number of halogens is 2. The summed E-state index contributed by atoms with van der Waals surface area (Å²) in [7, 11) is -3.80. The van der Waals surface area contributed by atoms with Crippen molar-refractivity contribution < 1.29 is 22.3 Å². The van der Waals surface area contributed by atoms with Gasteiger partial charge in [-0.05, 0) is 45.7 Å². The van der Waals surface area contributed by atoms with Crippen LogP contribution in [0.3, 0.4) is 0 Å². The second kappa shape index (κ2) is 8.10. The molecule has 0 unspecified atom stereocenters. The van der Waals surface area contributed by atoms with Crippen LogP contribution in [-0.2, 0) is 20.5 Å². The molecule has 0 radical (unpaired) electrons. The van der Waals surface area contributed by atoms with Gasteiger partial charge in [-0.25, -0.2) is 22.3 Å². The Hall–Kier alpha value is -1.38. The van der Waals surface area contributed by atoms with E-state index >= 15 is 0 Å². The van der Waals surface area contributed by atoms with Gasteiger partial charge in [-0.3, -0.25) is 0 Å². The van der Waals surface area contributed by atoms with E-state index in [-0.39, 0.29) is 23.2 Å². The fourth-order valence-corrected chi connectivity index (χ4v) is 4.27. The Kier molecular flexibility index (Phi) is 6.52. The van der Waals surface area contributed by atoms with E-state index in [2.05, 4.69) is 4.72 Å². The van der Waals surface area contributed by atoms with Crippen LogP contribution in [0.25, 0.3) is 0 Å². The summed E-state index contributed by atoms with van der Waals surface area (Å²) in [6.45, 7) is 5.89. The van der Waals surface area contributed by atoms with Crippen molar-refractivity contribution in [2.75, 3.05) is 13.1 Å². The van der Waals surface area contributed by atoms with Gasteiger partial charge in [0.25, 0.3) is 0 Å². The SMILES string of the molecule is CC(C)(C)OC(=O)N1CCC[C@H]1CNS(=O)(=O)Cc1c(F)cccc1Cl. The second-order valence-corrected chi connectivity index (χ2v) is 9.49. The van der Waals surface area contributed by atoms with Crippen molar-refractivity contribution in [1.82, 2.24) is 9.62 Å². The molecule has 26 heavy (non-hydrogen) atoms. The van der Waals surface area contributed by atoms with E-state index in [1.54, 1.807) is 20.8 Å². The molecule has 0 bridgehead atoms. The third-order valence-corrected chi connectivity index (χ3v) is 5.57. The zero-order chi connectivity index (χ0) is 19.5. The standard InChI is InChI=1S/C17H24ClFN2O4S/c1-17(2,3)25-16(22)21-9-5-6-12(21)10-20-26(23,24)11-13-14(18)7-4-8-15(13)19/h4,7-8,12,20H,5-6,9-11H2,1-3H3/t12-/m0/s1. The van der Waals surface area contributed by atoms with E-state index in [9.17, 15) is 17.6 Å². The first kappa shape index (κ1) is 20.9. The highest BCUT2D eigenvalue weighted by molar-refractivity contribution is 7.88. The van der Waals surface area contributed by atoms with Crippen LogP contribution < -0.4 is 4.72 Å². The number of ether oxygens (including phenoxy) is 1. The minimum atomic E-state index is -3.80. The fourth-order valence-electron chi connectivity index (χ4n) is 2.74. The van der Waals surface area contributed by atoms with Crippen molar-refractivity contribution in [2.24, 2.45) is 0 Å². The van der Waals surface area contributed by atoms with Gasteiger partial charge >= 0.3 is 6.09 Å². The first-order chi connectivity index (χ1) is 12.0. The van der Waals surface area contributed by atoms with Crippen LogP contribution in [0.1, 0.15) is 39.2 Å². The first-order valence-electron chi connectivity index (χ1n) is 8.38. The summed E-state index contributed by atoms with van der Waals surface area (Å²) in [6, 6.07) is 3.73. The Morgan fingerprint density at radius 3 is 2.73 bits per heavy atom. The molecule has 1 saturated heterocycles. The molecule has 146 valence electrons. The molecule has 1 aromatic carbocycles. The van der Waals surface area contributed by atoms with E-state index in [4.69, 9.17) is 16.3 Å². The minimum Gasteiger partial charge on any atom is -0.444 e. The van der Waals surface area contributed by atoms with Crippen molar-refractivity contribution >= 4 is 27.7 Å². The van der Waals surface area contributed by atoms with Crippen molar-refractivity contribution in [3.63, 3.8) is 0 Å². The van der Waals surface area contributed by atoms with Gasteiger partial charge in [0.2, 0.25) is 10.0 Å². The smallest absolute Gasteiger partial charge is 0.410 e. The molecule has 1 heterocycles. The monoisotopic (exact) mass is 406 g/mol. The van der Waals surface area contributed by atoms with E-state index in [1.165, 1.54) is 17.0 Å². The molecule has 9 heteroatoms. The van der Waals surface area contributed by atoms with Crippen LogP contribution in [-0.4, -0.2) is 44.1 Å². The summed E-state index contributed by atoms with van der Waals surface area (Å²) in [5.41, 5.74) is -0.692. The number of benzene rings is 1. The average molecular weight is 407 g/mol. The lowest BCUT2D eigenvalue weighted by molar-refractivity contribution is 0.0229. The number of hydrogen-bond donors (Lipinski definition) is 1. The number of carbonyl (C=O) groups is 1. The molecular weight excluding hydrogens is 383 g/mol. The zero-order valence-electron chi connectivity index (χ0n) is 15.1. The second-order valence-electron chi connectivity index (χ2n) is 7.28. The third-order valence-electron chi connectivity index (χ3n) is 3.94. The molecule has 2 rings (SSSR count). The number of rotatable bonds is 5. The Balaban J connectivity index is 1.99. The van der Waals surface area contributed by atoms with Gasteiger partial charge in [0, 0.05) is 29.7 Å². The van der Waals surface area contributed by atoms with Crippen molar-refractivity contribution in [1.29, 1.82) is 0 Å². The number of sulfonamides is 1. The van der Waals surface area contributed by atoms with Gasteiger partial charge in [-0.15, -0.1) is 0 Å². The summed E-state index contributed by atoms with van der Waals surface area (Å²) in [5, 5.41) is 0.0617. The van der Waals surface area contributed by atoms with Gasteiger partial charge in [-0.2, -0.15) is 0 Å². The van der Waals surface area contributed by atoms with Crippen LogP contribution in [0.5, 0.6) is 0 Å². The molecule has 0 aliphatic carbocycles. The topological polar surface area (TPSA) is 75.7 Å². The Labute approximate surface area is 158 Å². The van der Waals surface area contributed by atoms with E-state index in [1.807, 2.05) is 0 Å². The highest BCUT2D eigenvalue weighted by Crippen LogP contribution is 2.23. The van der Waals surface area contributed by atoms with E-state index < -0.39 is 33.3 Å². The summed E-state index contributed by atoms with van der Waals surface area (Å²) >= 11 is 5.89. The number of amides is 1. The molecule has 1 fully saturated rings. The average Bonchev–Trinajstić information content (AvgIpc) is 2.96. The molecule has 0 saturated carbocycles. The Bertz CT molecular complexity index is 744. The van der Waals surface area contributed by atoms with Crippen LogP contribution in [0.15, 0.2) is 18.2 Å². The molecule has 0 spiro atoms. The van der Waals surface area contributed by atoms with Crippen LogP contribution in [0, 0.1) is 5.82 Å². The summed E-state index contributed by atoms with van der Waals surface area (Å²) in [5.74, 6) is -1.23. The largest absolute Gasteiger partial charge is 0.444 e. The Morgan fingerprint density at radius 1 is 1.42 bits per heavy atom. The van der Waals surface area contributed by atoms with Crippen molar-refractivity contribution in [2.45, 2.75) is 51.0 Å². The number of hydrogen-bond acceptors (Lipinski definition) is 4. The maximum atomic E-state index is 13.8. The maximum Gasteiger partial charge on any atom is 0.410 e. The van der Waals surface area contributed by atoms with Crippen molar-refractivity contribution in [3.05, 3.63) is 34.6 Å². The number of carbonyl (C=O) groups excluding carboxylic acids is 1. The quantitative estimate of drug-likeness (QED) is 0.814. The molecule has 1 aliphatic rings. The molecule has 1 amide bonds. The highest BCUT2D eigenvalue weighted by atomic mass is 35.5. The summed E-state index contributed by atoms with van der Waals surface area (Å²) < 4.78 is 46.2. The van der Waals surface area contributed by atoms with Crippen LogP contribution in [0.2, 0.25) is 5.02 Å². The van der Waals surface area contributed by atoms with E-state index in [0.717, 1.165) is 12.5 Å². The fraction of sp³-hybridized carbons (Fsp3) is 0.588. The molecule has 1 atom stereocenters. The van der Waals surface area contributed by atoms with Crippen LogP contribution >= 0.6 is 11.6 Å². The van der Waals surface area contributed by atoms with Gasteiger partial charge < -0.3 is 9.64 Å². The molecule has 1 aliphatic heterocycles. The zero-order valence-corrected chi connectivity index (χ0v) is 16.7. The lowest BCUT2D eigenvalue weighted by Crippen LogP contribution is -2.45. The maximum absolute atomic E-state index is 13.8. The van der Waals surface area contributed by atoms with Crippen LogP contribution in [0.4, 0.5) is 9.18 Å². The Morgan fingerprint density at radius 2 is 2.12 bits per heavy atom. The number of nitrogens with one attached hydrogen (secondary N) is 1. The molecule has 6 nitrogen and oxygen atoms in total. The summed E-state index contributed by atoms with van der Waals surface area (Å²) in [4.78, 5) is 13.8. The summed E-state index contributed by atoms with van der Waals surface area (Å²) in [6.07, 6.45) is 0.976. The van der Waals surface area contributed by atoms with Gasteiger partial charge in [0.05, 0.1) is 5.75 Å². The highest BCUT2D eigenvalue weighted by Gasteiger charge is 2.33. The predicted octanol–water partition coefficient (Wildman–Crippen LogP) is 3.30. The lowest BCUT2D eigenvalue weighted by atomic mass is 10.2. The predicted molar refractivity (Wildman–Crippen MR) is 98.0 cm³/mol. The lowest BCUT2D eigenvalue weighted by Gasteiger charge is -2.28. The van der Waals surface area contributed by atoms with Gasteiger partial charge in [-0.1, -0.05) is 17.7 Å². The van der Waals surface area contributed by atoms with Gasteiger partial charge in [0.15, 0.2) is 0 Å². The third kappa shape index (κ3) is 5.82. The van der Waals surface area contributed by atoms with Crippen molar-refractivity contribution in [3.8, 4) is 0 Å². The molecular formula is C17H24ClFN2O4S. The van der Waals surface area contributed by atoms with Gasteiger partial charge in [0.1, 0.15) is 11.4 Å². The number of nitrogens with zero attached hydrogens (tertiary/aromatic N) is 1.